The molecule has 0 amide bonds. The van der Waals surface area contributed by atoms with E-state index >= 15 is 0 Å². The highest BCUT2D eigenvalue weighted by atomic mass is 16.3. The van der Waals surface area contributed by atoms with Crippen molar-refractivity contribution in [2.75, 3.05) is 6.61 Å². The summed E-state index contributed by atoms with van der Waals surface area (Å²) in [6, 6.07) is -0.742. The highest BCUT2D eigenvalue weighted by Crippen LogP contribution is 2.13. The van der Waals surface area contributed by atoms with Gasteiger partial charge in [-0.3, -0.25) is 0 Å². The molecule has 0 aromatic heterocycles. The van der Waals surface area contributed by atoms with Crippen LogP contribution < -0.4 is 5.73 Å². The van der Waals surface area contributed by atoms with Crippen molar-refractivity contribution in [2.24, 2.45) is 5.73 Å². The van der Waals surface area contributed by atoms with Crippen LogP contribution in [0, 0.1) is 0 Å². The van der Waals surface area contributed by atoms with E-state index in [0.717, 1.165) is 12.8 Å². The zero-order valence-corrected chi connectivity index (χ0v) is 13.1. The second kappa shape index (κ2) is 13.8. The van der Waals surface area contributed by atoms with Gasteiger partial charge in [0, 0.05) is 0 Å². The third-order valence-corrected chi connectivity index (χ3v) is 3.90. The summed E-state index contributed by atoms with van der Waals surface area (Å²) in [4.78, 5) is 0. The summed E-state index contributed by atoms with van der Waals surface area (Å²) in [5.41, 5.74) is 5.48. The molecule has 20 heavy (non-hydrogen) atoms. The standard InChI is InChI=1S/C16H35NO3/c1-2-3-4-5-6-7-8-9-10-11-12-15(19)16(20)14(17)13-18/h14-16,18-20H,2-13,17H2,1H3/t14-,15-,16+/m0/s1. The van der Waals surface area contributed by atoms with Gasteiger partial charge >= 0.3 is 0 Å². The molecule has 0 aliphatic heterocycles. The molecular formula is C16H35NO3. The van der Waals surface area contributed by atoms with Crippen LogP contribution in [0.25, 0.3) is 0 Å². The number of unbranched alkanes of at least 4 members (excludes halogenated alkanes) is 9. The van der Waals surface area contributed by atoms with Crippen molar-refractivity contribution in [1.29, 1.82) is 0 Å². The summed E-state index contributed by atoms with van der Waals surface area (Å²) in [6.07, 6.45) is 11.2. The summed E-state index contributed by atoms with van der Waals surface area (Å²) in [5, 5.41) is 28.1. The Morgan fingerprint density at radius 3 is 1.70 bits per heavy atom. The number of rotatable bonds is 14. The van der Waals surface area contributed by atoms with Crippen LogP contribution in [0.3, 0.4) is 0 Å². The molecule has 0 saturated carbocycles. The lowest BCUT2D eigenvalue weighted by atomic mass is 10.00. The average Bonchev–Trinajstić information content (AvgIpc) is 2.47. The molecule has 0 aromatic rings. The number of hydrogen-bond acceptors (Lipinski definition) is 4. The van der Waals surface area contributed by atoms with E-state index in [9.17, 15) is 10.2 Å². The van der Waals surface area contributed by atoms with Crippen LogP contribution in [0.5, 0.6) is 0 Å². The third-order valence-electron chi connectivity index (χ3n) is 3.90. The average molecular weight is 289 g/mol. The lowest BCUT2D eigenvalue weighted by Crippen LogP contribution is -2.45. The molecule has 4 heteroatoms. The molecule has 0 aliphatic carbocycles. The molecule has 0 spiro atoms. The molecule has 0 radical (unpaired) electrons. The van der Waals surface area contributed by atoms with Gasteiger partial charge < -0.3 is 21.1 Å². The summed E-state index contributed by atoms with van der Waals surface area (Å²) >= 11 is 0. The van der Waals surface area contributed by atoms with Crippen molar-refractivity contribution in [3.05, 3.63) is 0 Å². The van der Waals surface area contributed by atoms with Gasteiger partial charge in [-0.15, -0.1) is 0 Å². The molecule has 4 nitrogen and oxygen atoms in total. The van der Waals surface area contributed by atoms with Crippen LogP contribution in [0.2, 0.25) is 0 Å². The number of aliphatic hydroxyl groups is 3. The van der Waals surface area contributed by atoms with E-state index in [1.165, 1.54) is 51.4 Å². The maximum absolute atomic E-state index is 9.70. The van der Waals surface area contributed by atoms with E-state index in [0.29, 0.717) is 6.42 Å². The highest BCUT2D eigenvalue weighted by molar-refractivity contribution is 4.77. The molecule has 0 rings (SSSR count). The topological polar surface area (TPSA) is 86.7 Å². The first-order valence-corrected chi connectivity index (χ1v) is 8.36. The van der Waals surface area contributed by atoms with Crippen molar-refractivity contribution in [2.45, 2.75) is 95.8 Å². The van der Waals surface area contributed by atoms with Gasteiger partial charge in [-0.25, -0.2) is 0 Å². The normalized spacial score (nSPS) is 16.1. The van der Waals surface area contributed by atoms with E-state index in [-0.39, 0.29) is 6.61 Å². The zero-order valence-electron chi connectivity index (χ0n) is 13.1. The summed E-state index contributed by atoms with van der Waals surface area (Å²) in [6.45, 7) is 1.94. The molecule has 5 N–H and O–H groups in total. The quantitative estimate of drug-likeness (QED) is 0.370. The van der Waals surface area contributed by atoms with Crippen molar-refractivity contribution in [3.63, 3.8) is 0 Å². The van der Waals surface area contributed by atoms with Crippen molar-refractivity contribution >= 4 is 0 Å². The van der Waals surface area contributed by atoms with E-state index < -0.39 is 18.2 Å². The molecule has 0 unspecified atom stereocenters. The van der Waals surface area contributed by atoms with Crippen molar-refractivity contribution in [3.8, 4) is 0 Å². The van der Waals surface area contributed by atoms with Crippen LogP contribution in [0.15, 0.2) is 0 Å². The smallest absolute Gasteiger partial charge is 0.0971 e. The largest absolute Gasteiger partial charge is 0.395 e. The molecule has 0 aromatic carbocycles. The molecule has 0 aliphatic rings. The minimum atomic E-state index is -1.02. The Hall–Kier alpha value is -0.160. The third kappa shape index (κ3) is 10.6. The predicted octanol–water partition coefficient (Wildman–Crippen LogP) is 2.34. The van der Waals surface area contributed by atoms with E-state index in [1.807, 2.05) is 0 Å². The Labute approximate surface area is 124 Å². The molecular weight excluding hydrogens is 254 g/mol. The van der Waals surface area contributed by atoms with Crippen LogP contribution in [0.1, 0.15) is 77.6 Å². The molecule has 0 bridgehead atoms. The first kappa shape index (κ1) is 19.8. The van der Waals surface area contributed by atoms with Gasteiger partial charge in [0.25, 0.3) is 0 Å². The fourth-order valence-electron chi connectivity index (χ4n) is 2.41. The molecule has 3 atom stereocenters. The van der Waals surface area contributed by atoms with Gasteiger partial charge in [-0.05, 0) is 6.42 Å². The monoisotopic (exact) mass is 289 g/mol. The summed E-state index contributed by atoms with van der Waals surface area (Å²) in [5.74, 6) is 0. The van der Waals surface area contributed by atoms with Crippen LogP contribution in [-0.4, -0.2) is 40.2 Å². The highest BCUT2D eigenvalue weighted by Gasteiger charge is 2.21. The van der Waals surface area contributed by atoms with Crippen molar-refractivity contribution < 1.29 is 15.3 Å². The van der Waals surface area contributed by atoms with E-state index in [4.69, 9.17) is 10.8 Å². The van der Waals surface area contributed by atoms with Crippen LogP contribution >= 0.6 is 0 Å². The summed E-state index contributed by atoms with van der Waals surface area (Å²) in [7, 11) is 0. The first-order chi connectivity index (χ1) is 9.63. The van der Waals surface area contributed by atoms with Gasteiger partial charge in [0.1, 0.15) is 0 Å². The zero-order chi connectivity index (χ0) is 15.2. The predicted molar refractivity (Wildman–Crippen MR) is 83.5 cm³/mol. The van der Waals surface area contributed by atoms with Crippen molar-refractivity contribution in [1.82, 2.24) is 0 Å². The lowest BCUT2D eigenvalue weighted by molar-refractivity contribution is -0.0121. The summed E-state index contributed by atoms with van der Waals surface area (Å²) < 4.78 is 0. The Balaban J connectivity index is 3.31. The number of nitrogens with two attached hydrogens (primary N) is 1. The Kier molecular flexibility index (Phi) is 13.7. The Morgan fingerprint density at radius 1 is 0.800 bits per heavy atom. The van der Waals surface area contributed by atoms with Gasteiger partial charge in [-0.1, -0.05) is 71.1 Å². The van der Waals surface area contributed by atoms with Gasteiger partial charge in [0.05, 0.1) is 24.9 Å². The number of hydrogen-bond donors (Lipinski definition) is 4. The minimum Gasteiger partial charge on any atom is -0.395 e. The minimum absolute atomic E-state index is 0.295. The number of aliphatic hydroxyl groups excluding tert-OH is 3. The van der Waals surface area contributed by atoms with Gasteiger partial charge in [0.2, 0.25) is 0 Å². The Bertz CT molecular complexity index is 202. The molecule has 122 valence electrons. The molecule has 0 heterocycles. The fraction of sp³-hybridized carbons (Fsp3) is 1.00. The Morgan fingerprint density at radius 2 is 1.25 bits per heavy atom. The van der Waals surface area contributed by atoms with E-state index in [2.05, 4.69) is 6.92 Å². The van der Waals surface area contributed by atoms with Gasteiger partial charge in [-0.2, -0.15) is 0 Å². The molecule has 0 fully saturated rings. The SMILES string of the molecule is CCCCCCCCCCCC[C@H](O)[C@H](O)[C@@H](N)CO. The fourth-order valence-corrected chi connectivity index (χ4v) is 2.41. The van der Waals surface area contributed by atoms with Crippen LogP contribution in [0.4, 0.5) is 0 Å². The maximum atomic E-state index is 9.70. The van der Waals surface area contributed by atoms with Crippen LogP contribution in [-0.2, 0) is 0 Å². The molecule has 0 saturated heterocycles. The van der Waals surface area contributed by atoms with Gasteiger partial charge in [0.15, 0.2) is 0 Å². The first-order valence-electron chi connectivity index (χ1n) is 8.36. The maximum Gasteiger partial charge on any atom is 0.0971 e. The second-order valence-corrected chi connectivity index (χ2v) is 5.88. The second-order valence-electron chi connectivity index (χ2n) is 5.88. The van der Waals surface area contributed by atoms with E-state index in [1.54, 1.807) is 0 Å². The lowest BCUT2D eigenvalue weighted by Gasteiger charge is -2.22.